The topological polar surface area (TPSA) is 66.4 Å². The summed E-state index contributed by atoms with van der Waals surface area (Å²) in [6.07, 6.45) is 0.260. The lowest BCUT2D eigenvalue weighted by atomic mass is 10.4. The predicted octanol–water partition coefficient (Wildman–Crippen LogP) is 0.143. The molecule has 0 bridgehead atoms. The van der Waals surface area contributed by atoms with Gasteiger partial charge in [0, 0.05) is 6.42 Å². The van der Waals surface area contributed by atoms with E-state index < -0.39 is 5.97 Å². The van der Waals surface area contributed by atoms with Crippen LogP contribution in [0.15, 0.2) is 0 Å². The van der Waals surface area contributed by atoms with Crippen molar-refractivity contribution in [2.45, 2.75) is 13.8 Å². The SMILES string of the molecule is C.O=C(O)CNC(=O)CCS. The minimum absolute atomic E-state index is 0. The van der Waals surface area contributed by atoms with Crippen LogP contribution in [-0.4, -0.2) is 29.3 Å². The zero-order chi connectivity index (χ0) is 7.98. The molecule has 0 atom stereocenters. The number of aliphatic carboxylic acids is 1. The normalized spacial score (nSPS) is 8.09. The van der Waals surface area contributed by atoms with Gasteiger partial charge < -0.3 is 10.4 Å². The number of hydrogen-bond acceptors (Lipinski definition) is 3. The van der Waals surface area contributed by atoms with E-state index in [1.807, 2.05) is 0 Å². The van der Waals surface area contributed by atoms with Crippen LogP contribution in [0.5, 0.6) is 0 Å². The van der Waals surface area contributed by atoms with Gasteiger partial charge in [0.25, 0.3) is 0 Å². The first kappa shape index (κ1) is 12.9. The molecule has 66 valence electrons. The fourth-order valence-electron chi connectivity index (χ4n) is 0.364. The summed E-state index contributed by atoms with van der Waals surface area (Å²) in [5.74, 6) is -0.879. The fraction of sp³-hybridized carbons (Fsp3) is 0.667. The number of amides is 1. The van der Waals surface area contributed by atoms with E-state index in [0.29, 0.717) is 5.75 Å². The number of rotatable bonds is 4. The van der Waals surface area contributed by atoms with Crippen LogP contribution in [0.25, 0.3) is 0 Å². The highest BCUT2D eigenvalue weighted by Gasteiger charge is 2.00. The van der Waals surface area contributed by atoms with E-state index in [-0.39, 0.29) is 26.3 Å². The molecule has 0 aromatic rings. The molecular weight excluding hydrogens is 166 g/mol. The molecule has 0 fully saturated rings. The second-order valence-corrected chi connectivity index (χ2v) is 2.09. The average Bonchev–Trinajstić information content (AvgIpc) is 1.85. The van der Waals surface area contributed by atoms with Crippen LogP contribution in [0.4, 0.5) is 0 Å². The van der Waals surface area contributed by atoms with Crippen molar-refractivity contribution >= 4 is 24.5 Å². The first-order valence-electron chi connectivity index (χ1n) is 2.76. The second kappa shape index (κ2) is 7.40. The molecule has 0 aliphatic heterocycles. The summed E-state index contributed by atoms with van der Waals surface area (Å²) < 4.78 is 0. The van der Waals surface area contributed by atoms with Gasteiger partial charge in [0.1, 0.15) is 6.54 Å². The third-order valence-corrected chi connectivity index (χ3v) is 0.999. The van der Waals surface area contributed by atoms with E-state index in [9.17, 15) is 9.59 Å². The van der Waals surface area contributed by atoms with E-state index in [1.165, 1.54) is 0 Å². The van der Waals surface area contributed by atoms with Gasteiger partial charge in [-0.3, -0.25) is 9.59 Å². The molecule has 4 nitrogen and oxygen atoms in total. The average molecular weight is 179 g/mol. The number of carboxylic acid groups (broad SMARTS) is 1. The van der Waals surface area contributed by atoms with Crippen molar-refractivity contribution in [3.63, 3.8) is 0 Å². The van der Waals surface area contributed by atoms with Gasteiger partial charge in [-0.1, -0.05) is 7.43 Å². The third-order valence-electron chi connectivity index (χ3n) is 0.776. The van der Waals surface area contributed by atoms with Crippen LogP contribution < -0.4 is 5.32 Å². The lowest BCUT2D eigenvalue weighted by Gasteiger charge is -1.97. The van der Waals surface area contributed by atoms with Crippen LogP contribution >= 0.6 is 12.6 Å². The summed E-state index contributed by atoms with van der Waals surface area (Å²) >= 11 is 3.80. The largest absolute Gasteiger partial charge is 0.480 e. The molecule has 11 heavy (non-hydrogen) atoms. The molecule has 5 heteroatoms. The van der Waals surface area contributed by atoms with E-state index in [1.54, 1.807) is 0 Å². The van der Waals surface area contributed by atoms with Crippen LogP contribution in [0.1, 0.15) is 13.8 Å². The van der Waals surface area contributed by atoms with Gasteiger partial charge in [-0.15, -0.1) is 0 Å². The van der Waals surface area contributed by atoms with Crippen molar-refractivity contribution in [3.05, 3.63) is 0 Å². The quantitative estimate of drug-likeness (QED) is 0.538. The number of carbonyl (C=O) groups excluding carboxylic acids is 1. The Balaban J connectivity index is 0. The van der Waals surface area contributed by atoms with Gasteiger partial charge in [-0.2, -0.15) is 12.6 Å². The molecule has 0 aliphatic rings. The number of thiol groups is 1. The summed E-state index contributed by atoms with van der Waals surface area (Å²) in [4.78, 5) is 20.4. The Morgan fingerprint density at radius 1 is 1.45 bits per heavy atom. The van der Waals surface area contributed by atoms with Crippen molar-refractivity contribution < 1.29 is 14.7 Å². The zero-order valence-electron chi connectivity index (χ0n) is 5.33. The Bertz CT molecular complexity index is 138. The molecule has 0 saturated heterocycles. The standard InChI is InChI=1S/C5H9NO3S.CH4/c7-4(1-2-10)6-3-5(8)9;/h10H,1-3H2,(H,6,7)(H,8,9);1H4. The molecule has 0 aromatic heterocycles. The molecule has 1 amide bonds. The van der Waals surface area contributed by atoms with E-state index in [0.717, 1.165) is 0 Å². The van der Waals surface area contributed by atoms with Crippen molar-refractivity contribution in [3.8, 4) is 0 Å². The zero-order valence-corrected chi connectivity index (χ0v) is 6.23. The highest BCUT2D eigenvalue weighted by molar-refractivity contribution is 7.80. The highest BCUT2D eigenvalue weighted by atomic mass is 32.1. The predicted molar refractivity (Wildman–Crippen MR) is 45.8 cm³/mol. The third kappa shape index (κ3) is 9.29. The number of carboxylic acids is 1. The van der Waals surface area contributed by atoms with Crippen molar-refractivity contribution in [2.75, 3.05) is 12.3 Å². The molecular formula is C6H13NO3S. The lowest BCUT2D eigenvalue weighted by Crippen LogP contribution is -2.29. The fourth-order valence-corrected chi connectivity index (χ4v) is 0.567. The van der Waals surface area contributed by atoms with Crippen LogP contribution in [0, 0.1) is 0 Å². The summed E-state index contributed by atoms with van der Waals surface area (Å²) in [5, 5.41) is 10.3. The van der Waals surface area contributed by atoms with Crippen molar-refractivity contribution in [1.29, 1.82) is 0 Å². The van der Waals surface area contributed by atoms with Crippen molar-refractivity contribution in [2.24, 2.45) is 0 Å². The summed E-state index contributed by atoms with van der Waals surface area (Å²) in [7, 11) is 0. The van der Waals surface area contributed by atoms with Crippen LogP contribution in [0.2, 0.25) is 0 Å². The second-order valence-electron chi connectivity index (χ2n) is 1.64. The van der Waals surface area contributed by atoms with Gasteiger partial charge in [-0.05, 0) is 5.75 Å². The molecule has 0 heterocycles. The first-order chi connectivity index (χ1) is 4.66. The van der Waals surface area contributed by atoms with E-state index >= 15 is 0 Å². The Hall–Kier alpha value is -0.710. The maximum Gasteiger partial charge on any atom is 0.322 e. The molecule has 0 saturated carbocycles. The monoisotopic (exact) mass is 179 g/mol. The minimum atomic E-state index is -1.03. The Morgan fingerprint density at radius 2 is 2.00 bits per heavy atom. The molecule has 0 rings (SSSR count). The minimum Gasteiger partial charge on any atom is -0.480 e. The van der Waals surface area contributed by atoms with Crippen LogP contribution in [0.3, 0.4) is 0 Å². The highest BCUT2D eigenvalue weighted by Crippen LogP contribution is 1.81. The van der Waals surface area contributed by atoms with Crippen LogP contribution in [-0.2, 0) is 9.59 Å². The lowest BCUT2D eigenvalue weighted by molar-refractivity contribution is -0.137. The van der Waals surface area contributed by atoms with Gasteiger partial charge in [0.05, 0.1) is 0 Å². The summed E-state index contributed by atoms with van der Waals surface area (Å²) in [6.45, 7) is -0.313. The Morgan fingerprint density at radius 3 is 2.36 bits per heavy atom. The van der Waals surface area contributed by atoms with Gasteiger partial charge >= 0.3 is 5.97 Å². The van der Waals surface area contributed by atoms with Gasteiger partial charge in [-0.25, -0.2) is 0 Å². The number of carbonyl (C=O) groups is 2. The summed E-state index contributed by atoms with van der Waals surface area (Å²) in [5.41, 5.74) is 0. The number of hydrogen-bond donors (Lipinski definition) is 3. The van der Waals surface area contributed by atoms with Crippen molar-refractivity contribution in [1.82, 2.24) is 5.32 Å². The molecule has 0 radical (unpaired) electrons. The molecule has 0 unspecified atom stereocenters. The van der Waals surface area contributed by atoms with E-state index in [4.69, 9.17) is 5.11 Å². The summed E-state index contributed by atoms with van der Waals surface area (Å²) in [6, 6.07) is 0. The molecule has 0 spiro atoms. The maximum atomic E-state index is 10.5. The number of nitrogens with one attached hydrogen (secondary N) is 1. The first-order valence-corrected chi connectivity index (χ1v) is 3.39. The Kier molecular flexibility index (Phi) is 8.69. The smallest absolute Gasteiger partial charge is 0.322 e. The Labute approximate surface area is 71.4 Å². The van der Waals surface area contributed by atoms with Gasteiger partial charge in [0.2, 0.25) is 5.91 Å². The molecule has 0 aromatic carbocycles. The molecule has 0 aliphatic carbocycles. The van der Waals surface area contributed by atoms with Gasteiger partial charge in [0.15, 0.2) is 0 Å². The molecule has 2 N–H and O–H groups in total. The van der Waals surface area contributed by atoms with E-state index in [2.05, 4.69) is 17.9 Å². The maximum absolute atomic E-state index is 10.5.